The molecule has 0 atom stereocenters. The van der Waals surface area contributed by atoms with Gasteiger partial charge in [-0.2, -0.15) is 0 Å². The lowest BCUT2D eigenvalue weighted by atomic mass is 10.2. The number of methoxy groups -OCH3 is 1. The quantitative estimate of drug-likeness (QED) is 0.535. The fourth-order valence-corrected chi connectivity index (χ4v) is 5.17. The van der Waals surface area contributed by atoms with Gasteiger partial charge in [-0.1, -0.05) is 22.9 Å². The van der Waals surface area contributed by atoms with Gasteiger partial charge in [-0.25, -0.2) is 4.98 Å². The lowest BCUT2D eigenvalue weighted by Gasteiger charge is -2.27. The molecule has 166 valence electrons. The second-order valence-corrected chi connectivity index (χ2v) is 9.00. The molecule has 31 heavy (non-hydrogen) atoms. The predicted molar refractivity (Wildman–Crippen MR) is 123 cm³/mol. The third kappa shape index (κ3) is 4.85. The number of benzene rings is 1. The maximum atomic E-state index is 13.5. The van der Waals surface area contributed by atoms with Gasteiger partial charge < -0.3 is 9.47 Å². The standard InChI is InChI=1S/C21H26ClN5O3S/c1-14-11-15(22)12-17-18(14)23-21(31-17)27(6-4-5-26-7-9-30-10-8-26)20(28)16-13-25(2)24-19(16)29-3/h11-13H,4-10H2,1-3H3. The van der Waals surface area contributed by atoms with Crippen molar-refractivity contribution in [1.82, 2.24) is 19.7 Å². The van der Waals surface area contributed by atoms with Crippen molar-refractivity contribution in [3.8, 4) is 5.88 Å². The number of ether oxygens (including phenoxy) is 2. The molecular formula is C21H26ClN5O3S. The number of hydrogen-bond acceptors (Lipinski definition) is 7. The van der Waals surface area contributed by atoms with Crippen LogP contribution >= 0.6 is 22.9 Å². The van der Waals surface area contributed by atoms with Crippen molar-refractivity contribution >= 4 is 44.2 Å². The Bertz CT molecular complexity index is 1080. The van der Waals surface area contributed by atoms with Crippen LogP contribution in [0.1, 0.15) is 22.3 Å². The number of hydrogen-bond donors (Lipinski definition) is 0. The zero-order chi connectivity index (χ0) is 22.0. The Labute approximate surface area is 190 Å². The molecule has 1 fully saturated rings. The molecule has 8 nitrogen and oxygen atoms in total. The summed E-state index contributed by atoms with van der Waals surface area (Å²) in [5, 5.41) is 5.56. The Morgan fingerprint density at radius 3 is 2.87 bits per heavy atom. The molecule has 1 aliphatic rings. The molecule has 0 aliphatic carbocycles. The molecule has 0 bridgehead atoms. The minimum absolute atomic E-state index is 0.172. The highest BCUT2D eigenvalue weighted by atomic mass is 35.5. The Kier molecular flexibility index (Phi) is 6.76. The molecule has 1 saturated heterocycles. The number of carbonyl (C=O) groups is 1. The van der Waals surface area contributed by atoms with Crippen molar-refractivity contribution in [2.75, 3.05) is 51.4 Å². The van der Waals surface area contributed by atoms with E-state index in [0.717, 1.165) is 55.0 Å². The molecule has 1 aromatic carbocycles. The first-order chi connectivity index (χ1) is 15.0. The van der Waals surface area contributed by atoms with Crippen LogP contribution in [-0.4, -0.2) is 72.1 Å². The second kappa shape index (κ2) is 9.52. The summed E-state index contributed by atoms with van der Waals surface area (Å²) in [6.07, 6.45) is 2.51. The van der Waals surface area contributed by atoms with Crippen LogP contribution in [0.25, 0.3) is 10.2 Å². The summed E-state index contributed by atoms with van der Waals surface area (Å²) >= 11 is 7.71. The van der Waals surface area contributed by atoms with E-state index in [1.54, 1.807) is 22.8 Å². The maximum Gasteiger partial charge on any atom is 0.267 e. The lowest BCUT2D eigenvalue weighted by Crippen LogP contribution is -2.39. The topological polar surface area (TPSA) is 72.7 Å². The number of halogens is 1. The van der Waals surface area contributed by atoms with Gasteiger partial charge in [-0.3, -0.25) is 19.3 Å². The number of aromatic nitrogens is 3. The average Bonchev–Trinajstić information content (AvgIpc) is 3.35. The van der Waals surface area contributed by atoms with Gasteiger partial charge >= 0.3 is 0 Å². The molecule has 1 aliphatic heterocycles. The van der Waals surface area contributed by atoms with Crippen LogP contribution < -0.4 is 9.64 Å². The molecule has 0 saturated carbocycles. The highest BCUT2D eigenvalue weighted by molar-refractivity contribution is 7.22. The Hall–Kier alpha value is -2.20. The summed E-state index contributed by atoms with van der Waals surface area (Å²) in [5.41, 5.74) is 2.28. The van der Waals surface area contributed by atoms with Gasteiger partial charge in [0.25, 0.3) is 5.91 Å². The summed E-state index contributed by atoms with van der Waals surface area (Å²) in [6.45, 7) is 6.77. The molecule has 10 heteroatoms. The minimum atomic E-state index is -0.172. The van der Waals surface area contributed by atoms with Gasteiger partial charge in [0.05, 0.1) is 30.5 Å². The number of amides is 1. The van der Waals surface area contributed by atoms with E-state index in [9.17, 15) is 4.79 Å². The second-order valence-electron chi connectivity index (χ2n) is 7.56. The first-order valence-electron chi connectivity index (χ1n) is 10.2. The highest BCUT2D eigenvalue weighted by Crippen LogP contribution is 2.34. The van der Waals surface area contributed by atoms with E-state index in [1.807, 2.05) is 19.1 Å². The number of rotatable bonds is 7. The Morgan fingerprint density at radius 1 is 1.35 bits per heavy atom. The number of nitrogens with zero attached hydrogens (tertiary/aromatic N) is 5. The zero-order valence-electron chi connectivity index (χ0n) is 17.9. The van der Waals surface area contributed by atoms with Crippen LogP contribution in [-0.2, 0) is 11.8 Å². The Balaban J connectivity index is 1.63. The van der Waals surface area contributed by atoms with Crippen LogP contribution in [0.15, 0.2) is 18.3 Å². The minimum Gasteiger partial charge on any atom is -0.479 e. The number of aryl methyl sites for hydroxylation is 2. The lowest BCUT2D eigenvalue weighted by molar-refractivity contribution is 0.0376. The molecule has 2 aromatic heterocycles. The van der Waals surface area contributed by atoms with E-state index < -0.39 is 0 Å². The summed E-state index contributed by atoms with van der Waals surface area (Å²) < 4.78 is 13.3. The fraction of sp³-hybridized carbons (Fsp3) is 0.476. The van der Waals surface area contributed by atoms with Gasteiger partial charge in [-0.15, -0.1) is 5.10 Å². The van der Waals surface area contributed by atoms with Crippen molar-refractivity contribution < 1.29 is 14.3 Å². The Morgan fingerprint density at radius 2 is 2.13 bits per heavy atom. The van der Waals surface area contributed by atoms with Crippen molar-refractivity contribution in [3.05, 3.63) is 34.5 Å². The van der Waals surface area contributed by atoms with E-state index in [4.69, 9.17) is 26.1 Å². The third-order valence-corrected chi connectivity index (χ3v) is 6.54. The number of fused-ring (bicyclic) bond motifs is 1. The van der Waals surface area contributed by atoms with Gasteiger partial charge in [0.2, 0.25) is 5.88 Å². The highest BCUT2D eigenvalue weighted by Gasteiger charge is 2.26. The largest absolute Gasteiger partial charge is 0.479 e. The SMILES string of the molecule is COc1nn(C)cc1C(=O)N(CCCN1CCOCC1)c1nc2c(C)cc(Cl)cc2s1. The van der Waals surface area contributed by atoms with Crippen LogP contribution in [0.4, 0.5) is 5.13 Å². The van der Waals surface area contributed by atoms with Crippen molar-refractivity contribution in [2.45, 2.75) is 13.3 Å². The number of thiazole rings is 1. The summed E-state index contributed by atoms with van der Waals surface area (Å²) in [4.78, 5) is 22.4. The van der Waals surface area contributed by atoms with Gasteiger partial charge in [0.1, 0.15) is 5.56 Å². The van der Waals surface area contributed by atoms with Gasteiger partial charge in [0.15, 0.2) is 5.13 Å². The van der Waals surface area contributed by atoms with Crippen LogP contribution in [0.2, 0.25) is 5.02 Å². The summed E-state index contributed by atoms with van der Waals surface area (Å²) in [5.74, 6) is 0.140. The van der Waals surface area contributed by atoms with Gasteiger partial charge in [0, 0.05) is 44.4 Å². The molecule has 0 N–H and O–H groups in total. The van der Waals surface area contributed by atoms with Gasteiger partial charge in [-0.05, 0) is 31.0 Å². The summed E-state index contributed by atoms with van der Waals surface area (Å²) in [7, 11) is 3.29. The van der Waals surface area contributed by atoms with E-state index in [1.165, 1.54) is 18.4 Å². The number of morpholine rings is 1. The average molecular weight is 464 g/mol. The predicted octanol–water partition coefficient (Wildman–Crippen LogP) is 3.37. The fourth-order valence-electron chi connectivity index (χ4n) is 3.73. The molecule has 1 amide bonds. The first kappa shape index (κ1) is 22.0. The van der Waals surface area contributed by atoms with Crippen LogP contribution in [0.3, 0.4) is 0 Å². The van der Waals surface area contributed by atoms with Crippen molar-refractivity contribution in [1.29, 1.82) is 0 Å². The molecule has 0 radical (unpaired) electrons. The number of anilines is 1. The molecule has 4 rings (SSSR count). The smallest absolute Gasteiger partial charge is 0.267 e. The monoisotopic (exact) mass is 463 g/mol. The first-order valence-corrected chi connectivity index (χ1v) is 11.4. The molecule has 3 heterocycles. The maximum absolute atomic E-state index is 13.5. The van der Waals surface area contributed by atoms with Crippen LogP contribution in [0, 0.1) is 6.92 Å². The van der Waals surface area contributed by atoms with E-state index >= 15 is 0 Å². The molecule has 0 unspecified atom stereocenters. The summed E-state index contributed by atoms with van der Waals surface area (Å²) in [6, 6.07) is 3.79. The molecular weight excluding hydrogens is 438 g/mol. The molecule has 0 spiro atoms. The number of carbonyl (C=O) groups excluding carboxylic acids is 1. The van der Waals surface area contributed by atoms with Crippen LogP contribution in [0.5, 0.6) is 5.88 Å². The van der Waals surface area contributed by atoms with E-state index in [0.29, 0.717) is 28.1 Å². The molecule has 3 aromatic rings. The zero-order valence-corrected chi connectivity index (χ0v) is 19.5. The normalized spacial score (nSPS) is 14.8. The van der Waals surface area contributed by atoms with Crippen molar-refractivity contribution in [3.63, 3.8) is 0 Å². The van der Waals surface area contributed by atoms with E-state index in [2.05, 4.69) is 10.00 Å². The van der Waals surface area contributed by atoms with Crippen molar-refractivity contribution in [2.24, 2.45) is 7.05 Å². The third-order valence-electron chi connectivity index (χ3n) is 5.29. The van der Waals surface area contributed by atoms with E-state index in [-0.39, 0.29) is 5.91 Å².